The first kappa shape index (κ1) is 45.3. The topological polar surface area (TPSA) is 224 Å². The molecule has 1 saturated heterocycles. The number of ketones is 1. The molecule has 1 aromatic carbocycles. The van der Waals surface area contributed by atoms with E-state index in [0.29, 0.717) is 0 Å². The van der Waals surface area contributed by atoms with Gasteiger partial charge in [0.25, 0.3) is 0 Å². The standard InChI is InChI=1S/C39H53NO14.Ac/c1-18-12-11-13-22(14-18)32(45)53-31-29-37(10,24(42)15-25-38(29,48)17-50-25)30(44)28(51-21(4)41)26-19(2)23(16-39(31,49)36(26,8)9)52-33(46)27(43)20(3)40-34(47)54-35(5,6)7;/h11-14,20,23-25,27-29,31,42-43,48-49H,15-17H2,1-10H3,(H,40,47);/t20?,23?,24?,25?,27?,28?,29?,31?,37-,38+,39?;/m1./s1. The van der Waals surface area contributed by atoms with Crippen molar-refractivity contribution < 1.29 is 112 Å². The second-order valence-corrected chi connectivity index (χ2v) is 17.0. The zero-order chi connectivity index (χ0) is 40.5. The van der Waals surface area contributed by atoms with Crippen LogP contribution in [0.3, 0.4) is 0 Å². The number of ether oxygens (including phenoxy) is 5. The van der Waals surface area contributed by atoms with Gasteiger partial charge < -0.3 is 49.4 Å². The fourth-order valence-corrected chi connectivity index (χ4v) is 8.80. The molecule has 1 radical (unpaired) electrons. The smallest absolute Gasteiger partial charge is 0.407 e. The van der Waals surface area contributed by atoms with Crippen molar-refractivity contribution in [3.05, 3.63) is 46.5 Å². The minimum atomic E-state index is -2.32. The summed E-state index contributed by atoms with van der Waals surface area (Å²) in [4.78, 5) is 67.9. The molecule has 301 valence electrons. The van der Waals surface area contributed by atoms with Gasteiger partial charge in [0.2, 0.25) is 0 Å². The van der Waals surface area contributed by atoms with Crippen molar-refractivity contribution in [2.75, 3.05) is 6.61 Å². The summed E-state index contributed by atoms with van der Waals surface area (Å²) in [6.07, 6.45) is -11.0. The van der Waals surface area contributed by atoms with Gasteiger partial charge in [0, 0.05) is 75.2 Å². The molecule has 0 aromatic heterocycles. The molecule has 1 aliphatic heterocycles. The number of carbonyl (C=O) groups excluding carboxylic acids is 5. The Balaban J connectivity index is 0.00000673. The summed E-state index contributed by atoms with van der Waals surface area (Å²) in [6.45, 7) is 14.8. The Bertz CT molecular complexity index is 1750. The second kappa shape index (κ2) is 15.7. The van der Waals surface area contributed by atoms with Gasteiger partial charge in [0.1, 0.15) is 29.0 Å². The summed E-state index contributed by atoms with van der Waals surface area (Å²) in [7, 11) is 0. The van der Waals surface area contributed by atoms with E-state index in [1.807, 2.05) is 0 Å². The SMILES string of the molecule is CC(=O)OC1C(=O)[C@]2(C)C(O)CC3OC[C@@]3(O)C2C(OC(=O)c2cccc(C)c2)C2(O)CC(OC(=O)C(O)C(C)NC(=O)OC(C)(C)C)C(C)=C1C2(C)C.[Ac]. The van der Waals surface area contributed by atoms with E-state index in [9.17, 15) is 39.6 Å². The number of rotatable bonds is 7. The van der Waals surface area contributed by atoms with Crippen LogP contribution in [-0.4, -0.2) is 116 Å². The Morgan fingerprint density at radius 3 is 2.22 bits per heavy atom. The van der Waals surface area contributed by atoms with Crippen LogP contribution in [0.25, 0.3) is 0 Å². The molecule has 5 rings (SSSR count). The molecular weight excluding hydrogens is 933 g/mol. The van der Waals surface area contributed by atoms with E-state index in [-0.39, 0.29) is 73.8 Å². The molecule has 55 heavy (non-hydrogen) atoms. The summed E-state index contributed by atoms with van der Waals surface area (Å²) in [6, 6.07) is 5.27. The van der Waals surface area contributed by atoms with Gasteiger partial charge in [-0.25, -0.2) is 14.4 Å². The summed E-state index contributed by atoms with van der Waals surface area (Å²) in [5, 5.41) is 50.8. The minimum Gasteiger partial charge on any atom is -0.456 e. The van der Waals surface area contributed by atoms with Crippen molar-refractivity contribution in [3.63, 3.8) is 0 Å². The van der Waals surface area contributed by atoms with Crippen molar-refractivity contribution in [1.82, 2.24) is 5.32 Å². The van der Waals surface area contributed by atoms with Gasteiger partial charge in [-0.2, -0.15) is 0 Å². The maximum atomic E-state index is 15.1. The van der Waals surface area contributed by atoms with Crippen LogP contribution in [-0.2, 0) is 38.1 Å². The number of aliphatic hydroxyl groups excluding tert-OH is 2. The first-order valence-electron chi connectivity index (χ1n) is 18.1. The second-order valence-electron chi connectivity index (χ2n) is 17.0. The Morgan fingerprint density at radius 1 is 1.04 bits per heavy atom. The van der Waals surface area contributed by atoms with Crippen LogP contribution in [0.4, 0.5) is 4.79 Å². The zero-order valence-electron chi connectivity index (χ0n) is 33.0. The summed E-state index contributed by atoms with van der Waals surface area (Å²) >= 11 is 0. The molecule has 2 saturated carbocycles. The zero-order valence-corrected chi connectivity index (χ0v) is 37.7. The van der Waals surface area contributed by atoms with E-state index in [2.05, 4.69) is 5.32 Å². The Hall–Kier alpha value is -2.45. The number of alkyl carbamates (subject to hydrolysis) is 1. The molecular formula is C39H53AcNO14. The first-order valence-corrected chi connectivity index (χ1v) is 18.1. The quantitative estimate of drug-likeness (QED) is 0.150. The molecule has 3 aliphatic carbocycles. The molecule has 3 fully saturated rings. The number of hydrogen-bond acceptors (Lipinski definition) is 14. The van der Waals surface area contributed by atoms with Crippen molar-refractivity contribution >= 4 is 29.8 Å². The van der Waals surface area contributed by atoms with Gasteiger partial charge in [-0.05, 0) is 71.7 Å². The Kier molecular flexibility index (Phi) is 12.9. The summed E-state index contributed by atoms with van der Waals surface area (Å²) < 4.78 is 28.7. The molecule has 0 spiro atoms. The van der Waals surface area contributed by atoms with E-state index in [1.165, 1.54) is 26.8 Å². The number of fused-ring (bicyclic) bond motifs is 5. The molecule has 4 aliphatic rings. The predicted molar refractivity (Wildman–Crippen MR) is 189 cm³/mol. The third-order valence-electron chi connectivity index (χ3n) is 11.8. The van der Waals surface area contributed by atoms with Gasteiger partial charge >= 0.3 is 24.0 Å². The molecule has 1 heterocycles. The number of carbonyl (C=O) groups is 5. The Labute approximate surface area is 356 Å². The monoisotopic (exact) mass is 986 g/mol. The van der Waals surface area contributed by atoms with Crippen molar-refractivity contribution in [1.29, 1.82) is 0 Å². The fraction of sp³-hybridized carbons (Fsp3) is 0.667. The summed E-state index contributed by atoms with van der Waals surface area (Å²) in [5.41, 5.74) is -7.68. The largest absolute Gasteiger partial charge is 0.456 e. The molecule has 2 bridgehead atoms. The van der Waals surface area contributed by atoms with E-state index in [0.717, 1.165) is 12.5 Å². The normalized spacial score (nSPS) is 34.8. The van der Waals surface area contributed by atoms with Gasteiger partial charge in [-0.3, -0.25) is 9.59 Å². The van der Waals surface area contributed by atoms with Crippen molar-refractivity contribution in [3.8, 4) is 0 Å². The van der Waals surface area contributed by atoms with Gasteiger partial charge in [-0.15, -0.1) is 0 Å². The average Bonchev–Trinajstić information content (AvgIpc) is 3.05. The van der Waals surface area contributed by atoms with E-state index >= 15 is 4.79 Å². The fourth-order valence-electron chi connectivity index (χ4n) is 8.80. The predicted octanol–water partition coefficient (Wildman–Crippen LogP) is 2.22. The number of esters is 3. The van der Waals surface area contributed by atoms with Crippen LogP contribution in [0.15, 0.2) is 35.4 Å². The molecule has 15 nitrogen and oxygen atoms in total. The van der Waals surface area contributed by atoms with Crippen molar-refractivity contribution in [2.45, 2.75) is 142 Å². The first-order chi connectivity index (χ1) is 24.8. The maximum absolute atomic E-state index is 15.1. The van der Waals surface area contributed by atoms with Crippen molar-refractivity contribution in [2.24, 2.45) is 16.7 Å². The number of aryl methyl sites for hydroxylation is 1. The van der Waals surface area contributed by atoms with Gasteiger partial charge in [0.15, 0.2) is 18.0 Å². The van der Waals surface area contributed by atoms with Crippen LogP contribution >= 0.6 is 0 Å². The number of amides is 1. The third kappa shape index (κ3) is 7.90. The minimum absolute atomic E-state index is 0. The number of nitrogens with one attached hydrogen (secondary N) is 1. The molecule has 9 unspecified atom stereocenters. The van der Waals surface area contributed by atoms with Crippen LogP contribution in [0.2, 0.25) is 0 Å². The summed E-state index contributed by atoms with van der Waals surface area (Å²) in [5.74, 6) is -5.37. The van der Waals surface area contributed by atoms with Gasteiger partial charge in [-0.1, -0.05) is 31.5 Å². The van der Waals surface area contributed by atoms with Crippen LogP contribution in [0.5, 0.6) is 0 Å². The van der Waals surface area contributed by atoms with Crippen LogP contribution in [0.1, 0.15) is 91.1 Å². The van der Waals surface area contributed by atoms with Crippen LogP contribution in [0, 0.1) is 67.7 Å². The molecule has 1 aromatic rings. The van der Waals surface area contributed by atoms with E-state index in [1.54, 1.807) is 59.7 Å². The Morgan fingerprint density at radius 2 is 1.67 bits per heavy atom. The number of Topliss-reactive ketones (excluding diaryl/α,β-unsaturated/α-hetero) is 1. The number of benzene rings is 1. The number of aliphatic hydroxyl groups is 4. The van der Waals surface area contributed by atoms with E-state index < -0.39 is 112 Å². The maximum Gasteiger partial charge on any atom is 0.407 e. The molecule has 5 N–H and O–H groups in total. The van der Waals surface area contributed by atoms with Gasteiger partial charge in [0.05, 0.1) is 35.8 Å². The molecule has 1 amide bonds. The molecule has 11 atom stereocenters. The third-order valence-corrected chi connectivity index (χ3v) is 11.8. The van der Waals surface area contributed by atoms with E-state index in [4.69, 9.17) is 23.7 Å². The average molecular weight is 987 g/mol. The number of hydrogen-bond donors (Lipinski definition) is 5. The molecule has 16 heteroatoms. The van der Waals surface area contributed by atoms with Crippen LogP contribution < -0.4 is 5.32 Å².